The van der Waals surface area contributed by atoms with Crippen molar-refractivity contribution in [2.45, 2.75) is 12.7 Å². The third-order valence-electron chi connectivity index (χ3n) is 4.58. The number of nitrogens with zero attached hydrogens (tertiary/aromatic N) is 3. The Labute approximate surface area is 176 Å². The molecular formula is C19H19Cl2F3N4O. The smallest absolute Gasteiger partial charge is 0.325 e. The van der Waals surface area contributed by atoms with Gasteiger partial charge in [0.15, 0.2) is 0 Å². The van der Waals surface area contributed by atoms with E-state index in [0.717, 1.165) is 37.3 Å². The molecule has 10 heteroatoms. The predicted octanol–water partition coefficient (Wildman–Crippen LogP) is 4.16. The molecule has 0 saturated carbocycles. The second-order valence-corrected chi connectivity index (χ2v) is 7.58. The molecule has 0 radical (unpaired) electrons. The lowest BCUT2D eigenvalue weighted by Gasteiger charge is -2.34. The minimum absolute atomic E-state index is 0.0700. The van der Waals surface area contributed by atoms with Gasteiger partial charge in [-0.1, -0.05) is 29.3 Å². The number of amides is 1. The highest BCUT2D eigenvalue weighted by Gasteiger charge is 2.33. The number of anilines is 1. The van der Waals surface area contributed by atoms with Gasteiger partial charge in [-0.05, 0) is 29.8 Å². The van der Waals surface area contributed by atoms with Crippen LogP contribution in [0.3, 0.4) is 0 Å². The zero-order valence-corrected chi connectivity index (χ0v) is 16.9. The summed E-state index contributed by atoms with van der Waals surface area (Å²) in [5.74, 6) is -0.365. The van der Waals surface area contributed by atoms with Crippen LogP contribution in [0.5, 0.6) is 0 Å². The molecule has 1 saturated heterocycles. The maximum absolute atomic E-state index is 12.9. The van der Waals surface area contributed by atoms with Crippen molar-refractivity contribution in [3.05, 3.63) is 57.8 Å². The van der Waals surface area contributed by atoms with E-state index in [-0.39, 0.29) is 18.1 Å². The molecule has 2 aromatic rings. The van der Waals surface area contributed by atoms with Crippen LogP contribution in [0.4, 0.5) is 18.9 Å². The maximum Gasteiger partial charge on any atom is 0.417 e. The van der Waals surface area contributed by atoms with Gasteiger partial charge in [0.05, 0.1) is 17.1 Å². The number of benzene rings is 1. The van der Waals surface area contributed by atoms with Crippen molar-refractivity contribution in [2.24, 2.45) is 0 Å². The van der Waals surface area contributed by atoms with Crippen LogP contribution >= 0.6 is 23.2 Å². The van der Waals surface area contributed by atoms with Crippen LogP contribution in [-0.2, 0) is 17.5 Å². The molecule has 1 aliphatic rings. The Morgan fingerprint density at radius 3 is 2.38 bits per heavy atom. The molecule has 156 valence electrons. The molecule has 3 rings (SSSR count). The van der Waals surface area contributed by atoms with Crippen LogP contribution in [-0.4, -0.2) is 53.4 Å². The van der Waals surface area contributed by atoms with E-state index in [1.54, 1.807) is 12.3 Å². The van der Waals surface area contributed by atoms with Crippen molar-refractivity contribution in [1.29, 1.82) is 0 Å². The van der Waals surface area contributed by atoms with Gasteiger partial charge in [-0.15, -0.1) is 0 Å². The Kier molecular flexibility index (Phi) is 7.00. The summed E-state index contributed by atoms with van der Waals surface area (Å²) in [5.41, 5.74) is 0.159. The van der Waals surface area contributed by atoms with Gasteiger partial charge in [-0.3, -0.25) is 14.6 Å². The quantitative estimate of drug-likeness (QED) is 0.700. The number of hydrogen-bond acceptors (Lipinski definition) is 4. The van der Waals surface area contributed by atoms with Gasteiger partial charge in [0.2, 0.25) is 5.91 Å². The van der Waals surface area contributed by atoms with Crippen LogP contribution in [0.25, 0.3) is 0 Å². The largest absolute Gasteiger partial charge is 0.417 e. The summed E-state index contributed by atoms with van der Waals surface area (Å²) in [6.07, 6.45) is -2.84. The van der Waals surface area contributed by atoms with Crippen LogP contribution in [0.15, 0.2) is 36.5 Å². The van der Waals surface area contributed by atoms with E-state index in [1.807, 2.05) is 11.0 Å². The van der Waals surface area contributed by atoms with Crippen molar-refractivity contribution in [2.75, 3.05) is 38.0 Å². The van der Waals surface area contributed by atoms with Crippen molar-refractivity contribution >= 4 is 34.8 Å². The van der Waals surface area contributed by atoms with Gasteiger partial charge < -0.3 is 5.32 Å². The molecule has 1 aromatic heterocycles. The van der Waals surface area contributed by atoms with E-state index >= 15 is 0 Å². The minimum atomic E-state index is -4.58. The van der Waals surface area contributed by atoms with Crippen LogP contribution in [0.2, 0.25) is 10.2 Å². The fourth-order valence-corrected chi connectivity index (χ4v) is 3.42. The number of aromatic nitrogens is 1. The minimum Gasteiger partial charge on any atom is -0.325 e. The second kappa shape index (κ2) is 9.30. The van der Waals surface area contributed by atoms with Gasteiger partial charge in [-0.2, -0.15) is 13.2 Å². The van der Waals surface area contributed by atoms with Gasteiger partial charge >= 0.3 is 6.18 Å². The fourth-order valence-electron chi connectivity index (χ4n) is 3.09. The number of rotatable bonds is 5. The number of carbonyl (C=O) groups excluding carboxylic acids is 1. The highest BCUT2D eigenvalue weighted by molar-refractivity contribution is 6.31. The number of halogens is 5. The summed E-state index contributed by atoms with van der Waals surface area (Å²) >= 11 is 11.4. The van der Waals surface area contributed by atoms with E-state index in [0.29, 0.717) is 18.2 Å². The molecule has 0 atom stereocenters. The molecule has 5 nitrogen and oxygen atoms in total. The van der Waals surface area contributed by atoms with Crippen molar-refractivity contribution < 1.29 is 18.0 Å². The molecule has 0 bridgehead atoms. The van der Waals surface area contributed by atoms with Gasteiger partial charge in [-0.25, -0.2) is 4.98 Å². The maximum atomic E-state index is 12.9. The molecule has 1 N–H and O–H groups in total. The molecular weight excluding hydrogens is 428 g/mol. The lowest BCUT2D eigenvalue weighted by atomic mass is 10.2. The monoisotopic (exact) mass is 446 g/mol. The summed E-state index contributed by atoms with van der Waals surface area (Å²) in [6.45, 7) is 3.77. The third kappa shape index (κ3) is 6.30. The average Bonchev–Trinajstić information content (AvgIpc) is 2.66. The summed E-state index contributed by atoms with van der Waals surface area (Å²) in [6, 6.07) is 7.01. The standard InChI is InChI=1S/C19H19Cl2F3N4O/c20-16-3-2-14(9-15(16)19(22,23)24)26-18(29)12-28-7-5-27(6-8-28)11-13-1-4-17(21)25-10-13/h1-4,9-10H,5-8,11-12H2,(H,26,29). The van der Waals surface area contributed by atoms with E-state index in [4.69, 9.17) is 23.2 Å². The summed E-state index contributed by atoms with van der Waals surface area (Å²) < 4.78 is 38.8. The van der Waals surface area contributed by atoms with E-state index in [1.165, 1.54) is 6.07 Å². The zero-order valence-electron chi connectivity index (χ0n) is 15.3. The van der Waals surface area contributed by atoms with Crippen LogP contribution < -0.4 is 5.32 Å². The molecule has 0 spiro atoms. The normalized spacial score (nSPS) is 16.0. The third-order valence-corrected chi connectivity index (χ3v) is 5.14. The Bertz CT molecular complexity index is 854. The number of alkyl halides is 3. The molecule has 1 aromatic carbocycles. The Morgan fingerprint density at radius 2 is 1.76 bits per heavy atom. The molecule has 1 fully saturated rings. The summed E-state index contributed by atoms with van der Waals surface area (Å²) in [4.78, 5) is 20.5. The second-order valence-electron chi connectivity index (χ2n) is 6.78. The lowest BCUT2D eigenvalue weighted by Crippen LogP contribution is -2.48. The van der Waals surface area contributed by atoms with Crippen molar-refractivity contribution in [3.63, 3.8) is 0 Å². The van der Waals surface area contributed by atoms with Crippen LogP contribution in [0, 0.1) is 0 Å². The number of pyridine rings is 1. The first-order chi connectivity index (χ1) is 13.7. The first-order valence-corrected chi connectivity index (χ1v) is 9.68. The highest BCUT2D eigenvalue weighted by atomic mass is 35.5. The SMILES string of the molecule is O=C(CN1CCN(Cc2ccc(Cl)nc2)CC1)Nc1ccc(Cl)c(C(F)(F)F)c1. The van der Waals surface area contributed by atoms with E-state index in [9.17, 15) is 18.0 Å². The molecule has 1 aliphatic heterocycles. The Hall–Kier alpha value is -1.87. The molecule has 2 heterocycles. The number of piperazine rings is 1. The van der Waals surface area contributed by atoms with E-state index < -0.39 is 16.8 Å². The summed E-state index contributed by atoms with van der Waals surface area (Å²) in [5, 5.41) is 2.56. The number of nitrogens with one attached hydrogen (secondary N) is 1. The zero-order chi connectivity index (χ0) is 21.0. The molecule has 0 unspecified atom stereocenters. The Balaban J connectivity index is 1.48. The molecule has 29 heavy (non-hydrogen) atoms. The molecule has 0 aliphatic carbocycles. The van der Waals surface area contributed by atoms with Gasteiger partial charge in [0, 0.05) is 44.6 Å². The first kappa shape index (κ1) is 21.8. The fraction of sp³-hybridized carbons (Fsp3) is 0.368. The average molecular weight is 447 g/mol. The highest BCUT2D eigenvalue weighted by Crippen LogP contribution is 2.36. The number of carbonyl (C=O) groups is 1. The topological polar surface area (TPSA) is 48.5 Å². The lowest BCUT2D eigenvalue weighted by molar-refractivity contribution is -0.137. The number of hydrogen-bond donors (Lipinski definition) is 1. The van der Waals surface area contributed by atoms with Crippen molar-refractivity contribution in [3.8, 4) is 0 Å². The summed E-state index contributed by atoms with van der Waals surface area (Å²) in [7, 11) is 0. The van der Waals surface area contributed by atoms with Crippen LogP contribution in [0.1, 0.15) is 11.1 Å². The first-order valence-electron chi connectivity index (χ1n) is 8.92. The molecule has 1 amide bonds. The van der Waals surface area contributed by atoms with Crippen molar-refractivity contribution in [1.82, 2.24) is 14.8 Å². The van der Waals surface area contributed by atoms with Gasteiger partial charge in [0.1, 0.15) is 5.15 Å². The van der Waals surface area contributed by atoms with E-state index in [2.05, 4.69) is 15.2 Å². The van der Waals surface area contributed by atoms with Gasteiger partial charge in [0.25, 0.3) is 0 Å². The predicted molar refractivity (Wildman–Crippen MR) is 106 cm³/mol. The Morgan fingerprint density at radius 1 is 1.07 bits per heavy atom.